The summed E-state index contributed by atoms with van der Waals surface area (Å²) in [7, 11) is 0. The second-order valence-corrected chi connectivity index (χ2v) is 8.11. The molecule has 0 saturated heterocycles. The number of fused-ring (bicyclic) bond motifs is 1. The molecule has 4 nitrogen and oxygen atoms in total. The first-order valence-electron chi connectivity index (χ1n) is 9.82. The molecule has 5 heteroatoms. The molecule has 1 aromatic heterocycles. The van der Waals surface area contributed by atoms with Gasteiger partial charge in [0.1, 0.15) is 12.4 Å². The molecule has 0 atom stereocenters. The van der Waals surface area contributed by atoms with Crippen LogP contribution in [0.4, 0.5) is 0 Å². The van der Waals surface area contributed by atoms with Gasteiger partial charge in [-0.3, -0.25) is 4.79 Å². The third-order valence-electron chi connectivity index (χ3n) is 5.04. The number of hydrogen-bond acceptors (Lipinski definition) is 3. The summed E-state index contributed by atoms with van der Waals surface area (Å²) in [5.41, 5.74) is 9.81. The van der Waals surface area contributed by atoms with Gasteiger partial charge < -0.3 is 15.0 Å². The van der Waals surface area contributed by atoms with Crippen molar-refractivity contribution in [3.8, 4) is 5.75 Å². The van der Waals surface area contributed by atoms with Crippen molar-refractivity contribution in [3.63, 3.8) is 0 Å². The van der Waals surface area contributed by atoms with Gasteiger partial charge in [-0.2, -0.15) is 0 Å². The van der Waals surface area contributed by atoms with E-state index in [1.54, 1.807) is 11.8 Å². The Kier molecular flexibility index (Phi) is 6.10. The topological polar surface area (TPSA) is 57.2 Å². The molecular weight excluding hydrogens is 392 g/mol. The third kappa shape index (κ3) is 4.69. The smallest absolute Gasteiger partial charge is 0.221 e. The minimum absolute atomic E-state index is 0.238. The molecular formula is C25H24N2O2S. The van der Waals surface area contributed by atoms with Gasteiger partial charge in [0.15, 0.2) is 0 Å². The van der Waals surface area contributed by atoms with Crippen molar-refractivity contribution in [1.29, 1.82) is 0 Å². The average molecular weight is 417 g/mol. The average Bonchev–Trinajstić information content (AvgIpc) is 3.09. The zero-order valence-corrected chi connectivity index (χ0v) is 17.7. The van der Waals surface area contributed by atoms with Gasteiger partial charge in [0.25, 0.3) is 0 Å². The lowest BCUT2D eigenvalue weighted by molar-refractivity contribution is -0.117. The van der Waals surface area contributed by atoms with Gasteiger partial charge in [-0.05, 0) is 53.3 Å². The lowest BCUT2D eigenvalue weighted by Gasteiger charge is -2.10. The van der Waals surface area contributed by atoms with Crippen molar-refractivity contribution in [2.24, 2.45) is 5.73 Å². The quantitative estimate of drug-likeness (QED) is 0.410. The van der Waals surface area contributed by atoms with Crippen LogP contribution in [0.15, 0.2) is 83.9 Å². The fraction of sp³-hybridized carbons (Fsp3) is 0.160. The zero-order chi connectivity index (χ0) is 20.9. The number of rotatable bonds is 8. The standard InChI is InChI=1S/C25H24N2O2S/c1-30-22-10-11-24-23(14-22)20(13-25(26)28)16-27(24)15-19-8-5-9-21(12-19)29-17-18-6-3-2-4-7-18/h2-12,14,16H,13,15,17H2,1H3,(H2,26,28). The Balaban J connectivity index is 1.58. The van der Waals surface area contributed by atoms with Gasteiger partial charge in [-0.25, -0.2) is 0 Å². The number of nitrogens with zero attached hydrogens (tertiary/aromatic N) is 1. The van der Waals surface area contributed by atoms with E-state index in [0.29, 0.717) is 13.2 Å². The second-order valence-electron chi connectivity index (χ2n) is 7.23. The SMILES string of the molecule is CSc1ccc2c(c1)c(CC(N)=O)cn2Cc1cccc(OCc2ccccc2)c1. The van der Waals surface area contributed by atoms with Crippen LogP contribution in [0.25, 0.3) is 10.9 Å². The lowest BCUT2D eigenvalue weighted by Crippen LogP contribution is -2.13. The molecule has 0 aliphatic carbocycles. The molecule has 0 radical (unpaired) electrons. The highest BCUT2D eigenvalue weighted by Crippen LogP contribution is 2.28. The van der Waals surface area contributed by atoms with E-state index < -0.39 is 0 Å². The lowest BCUT2D eigenvalue weighted by atomic mass is 10.1. The Labute approximate surface area is 180 Å². The minimum Gasteiger partial charge on any atom is -0.489 e. The molecule has 0 saturated carbocycles. The summed E-state index contributed by atoms with van der Waals surface area (Å²) in [6.45, 7) is 1.23. The number of carbonyl (C=O) groups is 1. The Morgan fingerprint density at radius 3 is 2.57 bits per heavy atom. The van der Waals surface area contributed by atoms with Crippen LogP contribution in [-0.4, -0.2) is 16.7 Å². The molecule has 0 aliphatic heterocycles. The van der Waals surface area contributed by atoms with Gasteiger partial charge in [-0.15, -0.1) is 11.8 Å². The van der Waals surface area contributed by atoms with Gasteiger partial charge in [0.2, 0.25) is 5.91 Å². The summed E-state index contributed by atoms with van der Waals surface area (Å²) in [4.78, 5) is 12.7. The van der Waals surface area contributed by atoms with E-state index in [-0.39, 0.29) is 12.3 Å². The van der Waals surface area contributed by atoms with Crippen molar-refractivity contribution < 1.29 is 9.53 Å². The van der Waals surface area contributed by atoms with Gasteiger partial charge in [0, 0.05) is 28.5 Å². The first kappa shape index (κ1) is 20.1. The molecule has 1 heterocycles. The Morgan fingerprint density at radius 2 is 1.80 bits per heavy atom. The molecule has 30 heavy (non-hydrogen) atoms. The maximum absolute atomic E-state index is 11.6. The number of amides is 1. The molecule has 0 spiro atoms. The summed E-state index contributed by atoms with van der Waals surface area (Å²) in [6, 6.07) is 24.6. The van der Waals surface area contributed by atoms with E-state index in [4.69, 9.17) is 10.5 Å². The monoisotopic (exact) mass is 416 g/mol. The normalized spacial score (nSPS) is 11.0. The molecule has 2 N–H and O–H groups in total. The maximum atomic E-state index is 11.6. The van der Waals surface area contributed by atoms with E-state index in [9.17, 15) is 4.79 Å². The fourth-order valence-electron chi connectivity index (χ4n) is 3.61. The molecule has 1 amide bonds. The van der Waals surface area contributed by atoms with E-state index in [1.165, 1.54) is 4.90 Å². The van der Waals surface area contributed by atoms with E-state index in [0.717, 1.165) is 33.3 Å². The van der Waals surface area contributed by atoms with Crippen LogP contribution >= 0.6 is 11.8 Å². The highest BCUT2D eigenvalue weighted by atomic mass is 32.2. The van der Waals surface area contributed by atoms with Gasteiger partial charge in [-0.1, -0.05) is 42.5 Å². The number of carbonyl (C=O) groups excluding carboxylic acids is 1. The number of ether oxygens (including phenoxy) is 1. The highest BCUT2D eigenvalue weighted by molar-refractivity contribution is 7.98. The molecule has 152 valence electrons. The first-order valence-corrected chi connectivity index (χ1v) is 11.0. The van der Waals surface area contributed by atoms with Crippen molar-refractivity contribution in [2.75, 3.05) is 6.26 Å². The Bertz CT molecular complexity index is 1170. The molecule has 0 bridgehead atoms. The first-order chi connectivity index (χ1) is 14.6. The number of nitrogens with two attached hydrogens (primary N) is 1. The Morgan fingerprint density at radius 1 is 1.00 bits per heavy atom. The summed E-state index contributed by atoms with van der Waals surface area (Å²) >= 11 is 1.69. The summed E-state index contributed by atoms with van der Waals surface area (Å²) in [5, 5.41) is 1.08. The van der Waals surface area contributed by atoms with Crippen LogP contribution in [0.5, 0.6) is 5.75 Å². The second kappa shape index (κ2) is 9.09. The molecule has 3 aromatic carbocycles. The molecule has 4 rings (SSSR count). The Hall–Kier alpha value is -3.18. The van der Waals surface area contributed by atoms with E-state index in [2.05, 4.69) is 47.0 Å². The maximum Gasteiger partial charge on any atom is 0.221 e. The number of primary amides is 1. The third-order valence-corrected chi connectivity index (χ3v) is 5.76. The molecule has 0 aliphatic rings. The van der Waals surface area contributed by atoms with Crippen LogP contribution in [0.2, 0.25) is 0 Å². The zero-order valence-electron chi connectivity index (χ0n) is 16.9. The molecule has 0 fully saturated rings. The van der Waals surface area contributed by atoms with E-state index in [1.807, 2.05) is 42.8 Å². The van der Waals surface area contributed by atoms with Crippen LogP contribution in [-0.2, 0) is 24.4 Å². The van der Waals surface area contributed by atoms with Crippen molar-refractivity contribution in [3.05, 3.63) is 95.7 Å². The minimum atomic E-state index is -0.320. The predicted octanol–water partition coefficient (Wildman–Crippen LogP) is 5.02. The number of benzene rings is 3. The van der Waals surface area contributed by atoms with Crippen LogP contribution < -0.4 is 10.5 Å². The van der Waals surface area contributed by atoms with Gasteiger partial charge >= 0.3 is 0 Å². The molecule has 4 aromatic rings. The fourth-order valence-corrected chi connectivity index (χ4v) is 4.05. The summed E-state index contributed by atoms with van der Waals surface area (Å²) < 4.78 is 8.15. The summed E-state index contributed by atoms with van der Waals surface area (Å²) in [5.74, 6) is 0.523. The van der Waals surface area contributed by atoms with Gasteiger partial charge in [0.05, 0.1) is 6.42 Å². The van der Waals surface area contributed by atoms with Crippen LogP contribution in [0.3, 0.4) is 0 Å². The van der Waals surface area contributed by atoms with E-state index >= 15 is 0 Å². The highest BCUT2D eigenvalue weighted by Gasteiger charge is 2.12. The van der Waals surface area contributed by atoms with Crippen molar-refractivity contribution in [2.45, 2.75) is 24.5 Å². The number of thioether (sulfide) groups is 1. The summed E-state index contributed by atoms with van der Waals surface area (Å²) in [6.07, 6.45) is 4.32. The van der Waals surface area contributed by atoms with Crippen molar-refractivity contribution >= 4 is 28.6 Å². The number of aromatic nitrogens is 1. The van der Waals surface area contributed by atoms with Crippen LogP contribution in [0, 0.1) is 0 Å². The van der Waals surface area contributed by atoms with Crippen molar-refractivity contribution in [1.82, 2.24) is 4.57 Å². The largest absolute Gasteiger partial charge is 0.489 e. The van der Waals surface area contributed by atoms with Crippen LogP contribution in [0.1, 0.15) is 16.7 Å². The number of hydrogen-bond donors (Lipinski definition) is 1. The predicted molar refractivity (Wildman–Crippen MR) is 123 cm³/mol. The molecule has 0 unspecified atom stereocenters.